The Labute approximate surface area is 222 Å². The first-order valence-corrected chi connectivity index (χ1v) is 12.6. The molecular formula is C29H32ClN3O4. The SMILES string of the molecule is COC(=O)c1ccc(-c2ccccc2Oc2ccc(C(=O)NC3CC(C)(C)NC(C)(C)C3)cc2Cl)cn1. The number of ether oxygens (including phenoxy) is 2. The first-order valence-electron chi connectivity index (χ1n) is 12.2. The highest BCUT2D eigenvalue weighted by Gasteiger charge is 2.38. The van der Waals surface area contributed by atoms with Gasteiger partial charge >= 0.3 is 5.97 Å². The Bertz CT molecular complexity index is 1290. The van der Waals surface area contributed by atoms with E-state index in [1.807, 2.05) is 24.3 Å². The fraction of sp³-hybridized carbons (Fsp3) is 0.345. The number of carbonyl (C=O) groups excluding carboxylic acids is 2. The second kappa shape index (κ2) is 10.5. The summed E-state index contributed by atoms with van der Waals surface area (Å²) >= 11 is 6.55. The normalized spacial score (nSPS) is 16.6. The van der Waals surface area contributed by atoms with E-state index in [1.54, 1.807) is 36.5 Å². The molecule has 1 saturated heterocycles. The molecule has 0 radical (unpaired) electrons. The molecule has 0 atom stereocenters. The van der Waals surface area contributed by atoms with Gasteiger partial charge in [0.2, 0.25) is 0 Å². The Hall–Kier alpha value is -3.42. The lowest BCUT2D eigenvalue weighted by atomic mass is 9.79. The van der Waals surface area contributed by atoms with Crippen molar-refractivity contribution in [2.45, 2.75) is 57.7 Å². The fourth-order valence-corrected chi connectivity index (χ4v) is 5.33. The highest BCUT2D eigenvalue weighted by Crippen LogP contribution is 2.36. The number of halogens is 1. The van der Waals surface area contributed by atoms with Gasteiger partial charge in [0, 0.05) is 40.0 Å². The van der Waals surface area contributed by atoms with Crippen molar-refractivity contribution >= 4 is 23.5 Å². The van der Waals surface area contributed by atoms with Crippen molar-refractivity contribution in [2.75, 3.05) is 7.11 Å². The molecule has 0 unspecified atom stereocenters. The smallest absolute Gasteiger partial charge is 0.356 e. The lowest BCUT2D eigenvalue weighted by Crippen LogP contribution is -2.62. The molecule has 1 fully saturated rings. The quantitative estimate of drug-likeness (QED) is 0.385. The van der Waals surface area contributed by atoms with Crippen LogP contribution in [0.3, 0.4) is 0 Å². The molecule has 2 N–H and O–H groups in total. The van der Waals surface area contributed by atoms with E-state index in [0.29, 0.717) is 22.1 Å². The molecule has 3 aromatic rings. The van der Waals surface area contributed by atoms with Crippen molar-refractivity contribution in [3.63, 3.8) is 0 Å². The number of hydrogen-bond donors (Lipinski definition) is 2. The Balaban J connectivity index is 1.50. The standard InChI is InChI=1S/C29H32ClN3O4/c1-28(2)15-20(16-29(3,4)33-28)32-26(34)18-11-13-25(22(30)14-18)37-24-9-7-6-8-21(24)19-10-12-23(31-17-19)27(35)36-5/h6-14,17,20,33H,15-16H2,1-5H3,(H,32,34). The summed E-state index contributed by atoms with van der Waals surface area (Å²) in [6.45, 7) is 8.60. The molecule has 1 aliphatic rings. The van der Waals surface area contributed by atoms with Crippen LogP contribution < -0.4 is 15.4 Å². The van der Waals surface area contributed by atoms with E-state index in [4.69, 9.17) is 21.1 Å². The van der Waals surface area contributed by atoms with E-state index in [0.717, 1.165) is 24.0 Å². The third-order valence-electron chi connectivity index (χ3n) is 6.30. The second-order valence-corrected chi connectivity index (χ2v) is 11.0. The molecule has 2 heterocycles. The fourth-order valence-electron chi connectivity index (χ4n) is 5.11. The van der Waals surface area contributed by atoms with Crippen LogP contribution in [0.4, 0.5) is 0 Å². The monoisotopic (exact) mass is 521 g/mol. The van der Waals surface area contributed by atoms with Crippen molar-refractivity contribution in [2.24, 2.45) is 0 Å². The molecule has 8 heteroatoms. The number of methoxy groups -OCH3 is 1. The number of rotatable bonds is 6. The zero-order valence-corrected chi connectivity index (χ0v) is 22.5. The first-order chi connectivity index (χ1) is 17.5. The number of aromatic nitrogens is 1. The van der Waals surface area contributed by atoms with Crippen LogP contribution in [-0.4, -0.2) is 41.1 Å². The number of carbonyl (C=O) groups is 2. The molecule has 37 heavy (non-hydrogen) atoms. The average molecular weight is 522 g/mol. The molecule has 0 bridgehead atoms. The van der Waals surface area contributed by atoms with Crippen LogP contribution >= 0.6 is 11.6 Å². The van der Waals surface area contributed by atoms with E-state index in [2.05, 4.69) is 43.3 Å². The number of piperidine rings is 1. The maximum absolute atomic E-state index is 13.0. The molecule has 7 nitrogen and oxygen atoms in total. The van der Waals surface area contributed by atoms with Gasteiger partial charge in [-0.25, -0.2) is 9.78 Å². The summed E-state index contributed by atoms with van der Waals surface area (Å²) in [5.41, 5.74) is 2.10. The number of pyridine rings is 1. The maximum atomic E-state index is 13.0. The molecule has 0 aliphatic carbocycles. The Morgan fingerprint density at radius 2 is 1.70 bits per heavy atom. The number of para-hydroxylation sites is 1. The summed E-state index contributed by atoms with van der Waals surface area (Å²) in [5, 5.41) is 7.13. The maximum Gasteiger partial charge on any atom is 0.356 e. The van der Waals surface area contributed by atoms with E-state index < -0.39 is 5.97 Å². The van der Waals surface area contributed by atoms with Crippen LogP contribution in [0.15, 0.2) is 60.8 Å². The zero-order valence-electron chi connectivity index (χ0n) is 21.7. The number of nitrogens with zero attached hydrogens (tertiary/aromatic N) is 1. The third-order valence-corrected chi connectivity index (χ3v) is 6.59. The molecule has 1 amide bonds. The molecular weight excluding hydrogens is 490 g/mol. The number of esters is 1. The van der Waals surface area contributed by atoms with E-state index in [-0.39, 0.29) is 28.7 Å². The van der Waals surface area contributed by atoms with Crippen molar-refractivity contribution in [3.05, 3.63) is 77.1 Å². The molecule has 0 saturated carbocycles. The summed E-state index contributed by atoms with van der Waals surface area (Å²) in [5.74, 6) is 0.325. The molecule has 2 aromatic carbocycles. The summed E-state index contributed by atoms with van der Waals surface area (Å²) < 4.78 is 10.9. The topological polar surface area (TPSA) is 89.5 Å². The minimum atomic E-state index is -0.500. The van der Waals surface area contributed by atoms with Gasteiger partial charge in [-0.05, 0) is 70.9 Å². The minimum absolute atomic E-state index is 0.0551. The average Bonchev–Trinajstić information content (AvgIpc) is 2.83. The Morgan fingerprint density at radius 3 is 2.32 bits per heavy atom. The first kappa shape index (κ1) is 26.6. The van der Waals surface area contributed by atoms with Gasteiger partial charge in [0.05, 0.1) is 12.1 Å². The summed E-state index contributed by atoms with van der Waals surface area (Å²) in [6.07, 6.45) is 3.26. The van der Waals surface area contributed by atoms with Crippen LogP contribution in [0.25, 0.3) is 11.1 Å². The van der Waals surface area contributed by atoms with Gasteiger partial charge in [-0.3, -0.25) is 4.79 Å². The second-order valence-electron chi connectivity index (χ2n) is 10.6. The van der Waals surface area contributed by atoms with Crippen LogP contribution in [0.5, 0.6) is 11.5 Å². The van der Waals surface area contributed by atoms with Gasteiger partial charge in [0.15, 0.2) is 0 Å². The largest absolute Gasteiger partial charge is 0.464 e. The Kier molecular flexibility index (Phi) is 7.57. The van der Waals surface area contributed by atoms with Crippen LogP contribution in [0, 0.1) is 0 Å². The molecule has 0 spiro atoms. The number of nitrogens with one attached hydrogen (secondary N) is 2. The van der Waals surface area contributed by atoms with Gasteiger partial charge in [-0.1, -0.05) is 35.9 Å². The van der Waals surface area contributed by atoms with Crippen molar-refractivity contribution in [1.29, 1.82) is 0 Å². The third kappa shape index (κ3) is 6.48. The van der Waals surface area contributed by atoms with Crippen LogP contribution in [-0.2, 0) is 4.74 Å². The predicted molar refractivity (Wildman–Crippen MR) is 144 cm³/mol. The lowest BCUT2D eigenvalue weighted by Gasteiger charge is -2.46. The van der Waals surface area contributed by atoms with Gasteiger partial charge in [-0.15, -0.1) is 0 Å². The van der Waals surface area contributed by atoms with Crippen molar-refractivity contribution in [1.82, 2.24) is 15.6 Å². The van der Waals surface area contributed by atoms with E-state index in [1.165, 1.54) is 7.11 Å². The van der Waals surface area contributed by atoms with Gasteiger partial charge in [-0.2, -0.15) is 0 Å². The van der Waals surface area contributed by atoms with Gasteiger partial charge in [0.25, 0.3) is 5.91 Å². The summed E-state index contributed by atoms with van der Waals surface area (Å²) in [4.78, 5) is 28.9. The predicted octanol–water partition coefficient (Wildman–Crippen LogP) is 6.02. The number of benzene rings is 2. The zero-order chi connectivity index (χ0) is 26.8. The lowest BCUT2D eigenvalue weighted by molar-refractivity contribution is 0.0593. The number of hydrogen-bond acceptors (Lipinski definition) is 6. The minimum Gasteiger partial charge on any atom is -0.464 e. The molecule has 194 valence electrons. The number of amides is 1. The van der Waals surface area contributed by atoms with Gasteiger partial charge in [0.1, 0.15) is 17.2 Å². The van der Waals surface area contributed by atoms with Crippen LogP contribution in [0.2, 0.25) is 5.02 Å². The molecule has 4 rings (SSSR count). The van der Waals surface area contributed by atoms with Crippen molar-refractivity contribution < 1.29 is 19.1 Å². The van der Waals surface area contributed by atoms with E-state index >= 15 is 0 Å². The summed E-state index contributed by atoms with van der Waals surface area (Å²) in [6, 6.07) is 15.9. The highest BCUT2D eigenvalue weighted by atomic mass is 35.5. The highest BCUT2D eigenvalue weighted by molar-refractivity contribution is 6.32. The van der Waals surface area contributed by atoms with E-state index in [9.17, 15) is 9.59 Å². The van der Waals surface area contributed by atoms with Crippen molar-refractivity contribution in [3.8, 4) is 22.6 Å². The molecule has 1 aromatic heterocycles. The molecule has 1 aliphatic heterocycles. The van der Waals surface area contributed by atoms with Gasteiger partial charge < -0.3 is 20.1 Å². The van der Waals surface area contributed by atoms with Crippen LogP contribution in [0.1, 0.15) is 61.4 Å². The summed E-state index contributed by atoms with van der Waals surface area (Å²) in [7, 11) is 1.31. The Morgan fingerprint density at radius 1 is 1.00 bits per heavy atom.